The number of carbonyl (C=O) groups excluding carboxylic acids is 2. The summed E-state index contributed by atoms with van der Waals surface area (Å²) in [6, 6.07) is 6.39. The Bertz CT molecular complexity index is 483. The van der Waals surface area contributed by atoms with E-state index in [2.05, 4.69) is 21.4 Å². The highest BCUT2D eigenvalue weighted by atomic mass is 16.5. The van der Waals surface area contributed by atoms with E-state index in [-0.39, 0.29) is 0 Å². The summed E-state index contributed by atoms with van der Waals surface area (Å²) < 4.78 is 14.5. The number of benzene rings is 1. The molecule has 1 N–H and O–H groups in total. The molecule has 1 aromatic carbocycles. The molecule has 114 valence electrons. The highest BCUT2D eigenvalue weighted by Gasteiger charge is 2.22. The van der Waals surface area contributed by atoms with E-state index in [0.717, 1.165) is 5.56 Å². The van der Waals surface area contributed by atoms with E-state index in [1.807, 2.05) is 12.1 Å². The highest BCUT2D eigenvalue weighted by Crippen LogP contribution is 2.14. The molecule has 0 fully saturated rings. The smallest absolute Gasteiger partial charge is 0.407 e. The van der Waals surface area contributed by atoms with Crippen LogP contribution in [0.1, 0.15) is 5.56 Å². The van der Waals surface area contributed by atoms with Crippen molar-refractivity contribution in [1.82, 2.24) is 5.32 Å². The average molecular weight is 293 g/mol. The molecule has 0 spiro atoms. The number of amides is 1. The van der Waals surface area contributed by atoms with E-state index in [1.165, 1.54) is 14.2 Å². The van der Waals surface area contributed by atoms with E-state index in [4.69, 9.17) is 4.74 Å². The molecule has 0 aliphatic rings. The van der Waals surface area contributed by atoms with Gasteiger partial charge >= 0.3 is 12.1 Å². The van der Waals surface area contributed by atoms with Gasteiger partial charge < -0.3 is 19.5 Å². The predicted molar refractivity (Wildman–Crippen MR) is 77.2 cm³/mol. The van der Waals surface area contributed by atoms with Crippen molar-refractivity contribution in [2.45, 2.75) is 12.5 Å². The van der Waals surface area contributed by atoms with Gasteiger partial charge in [0.05, 0.1) is 14.2 Å². The topological polar surface area (TPSA) is 73.9 Å². The second-order valence-corrected chi connectivity index (χ2v) is 4.16. The van der Waals surface area contributed by atoms with Crippen LogP contribution in [0.3, 0.4) is 0 Å². The number of alkyl carbamates (subject to hydrolysis) is 1. The molecule has 0 unspecified atom stereocenters. The summed E-state index contributed by atoms with van der Waals surface area (Å²) in [4.78, 5) is 22.9. The van der Waals surface area contributed by atoms with Crippen LogP contribution in [-0.4, -0.2) is 38.9 Å². The fourth-order valence-electron chi connectivity index (χ4n) is 1.65. The van der Waals surface area contributed by atoms with Crippen molar-refractivity contribution in [2.75, 3.05) is 20.8 Å². The maximum atomic E-state index is 11.6. The number of ether oxygens (including phenoxy) is 3. The first-order chi connectivity index (χ1) is 10.1. The summed E-state index contributed by atoms with van der Waals surface area (Å²) >= 11 is 0. The zero-order valence-electron chi connectivity index (χ0n) is 12.1. The Balaban J connectivity index is 2.71. The van der Waals surface area contributed by atoms with E-state index >= 15 is 0 Å². The van der Waals surface area contributed by atoms with E-state index in [1.54, 1.807) is 18.2 Å². The van der Waals surface area contributed by atoms with Gasteiger partial charge in [-0.1, -0.05) is 24.8 Å². The van der Waals surface area contributed by atoms with Gasteiger partial charge in [-0.3, -0.25) is 0 Å². The molecule has 0 aromatic heterocycles. The lowest BCUT2D eigenvalue weighted by atomic mass is 10.1. The summed E-state index contributed by atoms with van der Waals surface area (Å²) in [6.45, 7) is 3.99. The van der Waals surface area contributed by atoms with Crippen LogP contribution >= 0.6 is 0 Å². The summed E-state index contributed by atoms with van der Waals surface area (Å²) in [6.07, 6.45) is 1.27. The van der Waals surface area contributed by atoms with Crippen LogP contribution in [0, 0.1) is 0 Å². The van der Waals surface area contributed by atoms with Crippen LogP contribution < -0.4 is 10.1 Å². The maximum absolute atomic E-state index is 11.6. The molecule has 0 bridgehead atoms. The summed E-state index contributed by atoms with van der Waals surface area (Å²) in [5.41, 5.74) is 0.854. The molecule has 0 saturated heterocycles. The fraction of sp³-hybridized carbons (Fsp3) is 0.333. The molecule has 0 heterocycles. The molecule has 1 atom stereocenters. The average Bonchev–Trinajstić information content (AvgIpc) is 2.52. The quantitative estimate of drug-likeness (QED) is 0.611. The monoisotopic (exact) mass is 293 g/mol. The summed E-state index contributed by atoms with van der Waals surface area (Å²) in [5.74, 6) is 0.168. The zero-order valence-corrected chi connectivity index (χ0v) is 12.1. The molecule has 1 aromatic rings. The Morgan fingerprint density at radius 3 is 2.43 bits per heavy atom. The molecule has 0 aliphatic heterocycles. The molecule has 6 heteroatoms. The predicted octanol–water partition coefficient (Wildman–Crippen LogP) is 1.69. The van der Waals surface area contributed by atoms with Crippen molar-refractivity contribution in [3.8, 4) is 5.75 Å². The van der Waals surface area contributed by atoms with Gasteiger partial charge in [0.25, 0.3) is 0 Å². The highest BCUT2D eigenvalue weighted by molar-refractivity contribution is 5.81. The minimum absolute atomic E-state index is 0.295. The molecule has 21 heavy (non-hydrogen) atoms. The largest absolute Gasteiger partial charge is 0.490 e. The second kappa shape index (κ2) is 8.63. The molecular weight excluding hydrogens is 274 g/mol. The summed E-state index contributed by atoms with van der Waals surface area (Å²) in [7, 11) is 2.50. The molecular formula is C15H19NO5. The number of methoxy groups -OCH3 is 2. The van der Waals surface area contributed by atoms with Gasteiger partial charge in [0, 0.05) is 6.42 Å². The fourth-order valence-corrected chi connectivity index (χ4v) is 1.65. The Hall–Kier alpha value is -2.50. The minimum Gasteiger partial charge on any atom is -0.490 e. The van der Waals surface area contributed by atoms with Crippen LogP contribution in [0.4, 0.5) is 4.79 Å². The first kappa shape index (κ1) is 16.6. The lowest BCUT2D eigenvalue weighted by Gasteiger charge is -2.15. The second-order valence-electron chi connectivity index (χ2n) is 4.16. The van der Waals surface area contributed by atoms with E-state index in [9.17, 15) is 9.59 Å². The lowest BCUT2D eigenvalue weighted by Crippen LogP contribution is -2.42. The van der Waals surface area contributed by atoms with Gasteiger partial charge in [0.2, 0.25) is 0 Å². The van der Waals surface area contributed by atoms with Gasteiger partial charge in [-0.15, -0.1) is 0 Å². The zero-order chi connectivity index (χ0) is 15.7. The Morgan fingerprint density at radius 1 is 1.24 bits per heavy atom. The van der Waals surface area contributed by atoms with Gasteiger partial charge in [0.15, 0.2) is 0 Å². The molecule has 1 amide bonds. The normalized spacial score (nSPS) is 11.1. The SMILES string of the molecule is C=CCOc1ccc(C[C@H](NC(=O)OC)C(=O)OC)cc1. The lowest BCUT2D eigenvalue weighted by molar-refractivity contribution is -0.142. The van der Waals surface area contributed by atoms with E-state index < -0.39 is 18.1 Å². The van der Waals surface area contributed by atoms with Crippen LogP contribution in [0.2, 0.25) is 0 Å². The standard InChI is InChI=1S/C15H19NO5/c1-4-9-21-12-7-5-11(6-8-12)10-13(14(17)19-2)16-15(18)20-3/h4-8,13H,1,9-10H2,2-3H3,(H,16,18)/t13-/m0/s1. The third kappa shape index (κ3) is 5.56. The number of nitrogens with one attached hydrogen (secondary N) is 1. The van der Waals surface area contributed by atoms with Crippen LogP contribution in [-0.2, 0) is 20.7 Å². The van der Waals surface area contributed by atoms with Gasteiger partial charge in [-0.05, 0) is 17.7 Å². The van der Waals surface area contributed by atoms with Crippen molar-refractivity contribution in [3.63, 3.8) is 0 Å². The van der Waals surface area contributed by atoms with Gasteiger partial charge in [-0.25, -0.2) is 9.59 Å². The molecule has 1 rings (SSSR count). The van der Waals surface area contributed by atoms with Crippen molar-refractivity contribution in [1.29, 1.82) is 0 Å². The Labute approximate surface area is 123 Å². The first-order valence-electron chi connectivity index (χ1n) is 6.35. The first-order valence-corrected chi connectivity index (χ1v) is 6.35. The molecule has 6 nitrogen and oxygen atoms in total. The molecule has 0 radical (unpaired) electrons. The van der Waals surface area contributed by atoms with Crippen LogP contribution in [0.25, 0.3) is 0 Å². The number of carbonyl (C=O) groups is 2. The van der Waals surface area contributed by atoms with Crippen molar-refractivity contribution >= 4 is 12.1 Å². The van der Waals surface area contributed by atoms with Crippen LogP contribution in [0.5, 0.6) is 5.75 Å². The molecule has 0 aliphatic carbocycles. The van der Waals surface area contributed by atoms with Crippen molar-refractivity contribution < 1.29 is 23.8 Å². The van der Waals surface area contributed by atoms with Crippen molar-refractivity contribution in [2.24, 2.45) is 0 Å². The van der Waals surface area contributed by atoms with E-state index in [0.29, 0.717) is 18.8 Å². The Kier molecular flexibility index (Phi) is 6.80. The Morgan fingerprint density at radius 2 is 1.90 bits per heavy atom. The minimum atomic E-state index is -0.803. The van der Waals surface area contributed by atoms with Gasteiger partial charge in [0.1, 0.15) is 18.4 Å². The number of hydrogen-bond acceptors (Lipinski definition) is 5. The summed E-state index contributed by atoms with van der Waals surface area (Å²) in [5, 5.41) is 2.43. The van der Waals surface area contributed by atoms with Crippen molar-refractivity contribution in [3.05, 3.63) is 42.5 Å². The van der Waals surface area contributed by atoms with Gasteiger partial charge in [-0.2, -0.15) is 0 Å². The third-order valence-corrected chi connectivity index (χ3v) is 2.69. The number of rotatable bonds is 7. The maximum Gasteiger partial charge on any atom is 0.407 e. The molecule has 0 saturated carbocycles. The third-order valence-electron chi connectivity index (χ3n) is 2.69. The number of hydrogen-bond donors (Lipinski definition) is 1. The van der Waals surface area contributed by atoms with Crippen LogP contribution in [0.15, 0.2) is 36.9 Å². The number of esters is 1.